The lowest BCUT2D eigenvalue weighted by Crippen LogP contribution is -2.37. The summed E-state index contributed by atoms with van der Waals surface area (Å²) < 4.78 is 20.2. The van der Waals surface area contributed by atoms with E-state index in [-0.39, 0.29) is 17.5 Å². The Morgan fingerprint density at radius 3 is 2.67 bits per heavy atom. The molecule has 0 spiro atoms. The third-order valence-corrected chi connectivity index (χ3v) is 4.38. The highest BCUT2D eigenvalue weighted by Gasteiger charge is 2.27. The molecule has 1 aromatic carbocycles. The van der Waals surface area contributed by atoms with Gasteiger partial charge in [0, 0.05) is 30.0 Å². The van der Waals surface area contributed by atoms with Crippen molar-refractivity contribution in [3.05, 3.63) is 40.9 Å². The molecule has 1 fully saturated rings. The third-order valence-electron chi connectivity index (χ3n) is 3.89. The average molecular weight is 396 g/mol. The number of halogens is 2. The van der Waals surface area contributed by atoms with E-state index in [2.05, 4.69) is 25.9 Å². The number of aliphatic carboxylic acids is 1. The molecule has 2 aromatic rings. The molecule has 0 bridgehead atoms. The van der Waals surface area contributed by atoms with Gasteiger partial charge < -0.3 is 14.7 Å². The summed E-state index contributed by atoms with van der Waals surface area (Å²) in [7, 11) is 0. The van der Waals surface area contributed by atoms with Gasteiger partial charge in [-0.3, -0.25) is 4.79 Å². The Labute approximate surface area is 146 Å². The first-order chi connectivity index (χ1) is 11.5. The fraction of sp³-hybridized carbons (Fsp3) is 0.312. The van der Waals surface area contributed by atoms with Crippen LogP contribution < -0.4 is 9.64 Å². The molecule has 0 atom stereocenters. The minimum atomic E-state index is -0.776. The molecular formula is C16H15BrFN3O3. The number of carboxylic acids is 1. The van der Waals surface area contributed by atoms with Gasteiger partial charge in [0.05, 0.1) is 5.92 Å². The molecular weight excluding hydrogens is 381 g/mol. The molecule has 1 aliphatic heterocycles. The minimum absolute atomic E-state index is 0.0559. The van der Waals surface area contributed by atoms with Gasteiger partial charge in [-0.1, -0.05) is 15.9 Å². The Morgan fingerprint density at radius 2 is 2.00 bits per heavy atom. The highest BCUT2D eigenvalue weighted by molar-refractivity contribution is 9.10. The summed E-state index contributed by atoms with van der Waals surface area (Å²) in [5, 5.41) is 9.08. The van der Waals surface area contributed by atoms with E-state index >= 15 is 0 Å². The van der Waals surface area contributed by atoms with Gasteiger partial charge in [0.2, 0.25) is 0 Å². The maximum atomic E-state index is 14.0. The zero-order chi connectivity index (χ0) is 17.1. The minimum Gasteiger partial charge on any atom is -0.481 e. The first kappa shape index (κ1) is 16.6. The number of benzene rings is 1. The largest absolute Gasteiger partial charge is 0.481 e. The molecule has 0 unspecified atom stereocenters. The van der Waals surface area contributed by atoms with Crippen molar-refractivity contribution in [2.75, 3.05) is 18.0 Å². The number of hydrogen-bond donors (Lipinski definition) is 1. The predicted molar refractivity (Wildman–Crippen MR) is 88.8 cm³/mol. The van der Waals surface area contributed by atoms with Crippen molar-refractivity contribution in [3.8, 4) is 11.6 Å². The quantitative estimate of drug-likeness (QED) is 0.853. The second kappa shape index (κ2) is 7.12. The molecule has 0 amide bonds. The van der Waals surface area contributed by atoms with E-state index in [4.69, 9.17) is 9.84 Å². The van der Waals surface area contributed by atoms with Crippen LogP contribution in [0.25, 0.3) is 0 Å². The van der Waals surface area contributed by atoms with Crippen LogP contribution in [0.4, 0.5) is 10.2 Å². The van der Waals surface area contributed by atoms with Crippen LogP contribution >= 0.6 is 15.9 Å². The molecule has 126 valence electrons. The van der Waals surface area contributed by atoms with Crippen LogP contribution in [0.15, 0.2) is 35.1 Å². The summed E-state index contributed by atoms with van der Waals surface area (Å²) in [4.78, 5) is 21.4. The number of carbonyl (C=O) groups is 1. The lowest BCUT2D eigenvalue weighted by atomic mass is 9.97. The van der Waals surface area contributed by atoms with Gasteiger partial charge in [-0.2, -0.15) is 0 Å². The standard InChI is InChI=1S/C16H15BrFN3O3/c17-11-1-2-13(12(18)9-11)24-15-14(19-5-6-20-15)21-7-3-10(4-8-21)16(22)23/h1-2,5-6,9-10H,3-4,7-8H2,(H,22,23). The van der Waals surface area contributed by atoms with Crippen LogP contribution in [0.1, 0.15) is 12.8 Å². The molecule has 2 heterocycles. The van der Waals surface area contributed by atoms with Crippen LogP contribution in [0.5, 0.6) is 11.6 Å². The summed E-state index contributed by atoms with van der Waals surface area (Å²) in [5.41, 5.74) is 0. The van der Waals surface area contributed by atoms with Gasteiger partial charge in [-0.15, -0.1) is 0 Å². The molecule has 1 aromatic heterocycles. The van der Waals surface area contributed by atoms with Crippen LogP contribution in [-0.4, -0.2) is 34.1 Å². The van der Waals surface area contributed by atoms with E-state index in [1.807, 2.05) is 4.90 Å². The molecule has 24 heavy (non-hydrogen) atoms. The Kier molecular flexibility index (Phi) is 4.94. The van der Waals surface area contributed by atoms with E-state index in [1.54, 1.807) is 6.07 Å². The third kappa shape index (κ3) is 3.64. The number of aromatic nitrogens is 2. The Morgan fingerprint density at radius 1 is 1.29 bits per heavy atom. The zero-order valence-corrected chi connectivity index (χ0v) is 14.2. The van der Waals surface area contributed by atoms with Gasteiger partial charge in [0.1, 0.15) is 0 Å². The molecule has 1 saturated heterocycles. The Balaban J connectivity index is 1.80. The number of hydrogen-bond acceptors (Lipinski definition) is 5. The van der Waals surface area contributed by atoms with Gasteiger partial charge in [-0.05, 0) is 31.0 Å². The number of nitrogens with zero attached hydrogens (tertiary/aromatic N) is 3. The first-order valence-corrected chi connectivity index (χ1v) is 8.25. The SMILES string of the molecule is O=C(O)C1CCN(c2nccnc2Oc2ccc(Br)cc2F)CC1. The van der Waals surface area contributed by atoms with Crippen molar-refractivity contribution in [3.63, 3.8) is 0 Å². The van der Waals surface area contributed by atoms with E-state index in [1.165, 1.54) is 24.5 Å². The number of rotatable bonds is 4. The maximum Gasteiger partial charge on any atom is 0.306 e. The summed E-state index contributed by atoms with van der Waals surface area (Å²) in [6.07, 6.45) is 4.05. The first-order valence-electron chi connectivity index (χ1n) is 7.46. The fourth-order valence-corrected chi connectivity index (χ4v) is 2.94. The van der Waals surface area contributed by atoms with Crippen molar-refractivity contribution in [1.29, 1.82) is 0 Å². The van der Waals surface area contributed by atoms with E-state index in [9.17, 15) is 9.18 Å². The van der Waals surface area contributed by atoms with Crippen LogP contribution in [0, 0.1) is 11.7 Å². The van der Waals surface area contributed by atoms with Gasteiger partial charge in [0.25, 0.3) is 5.88 Å². The molecule has 6 nitrogen and oxygen atoms in total. The summed E-state index contributed by atoms with van der Waals surface area (Å²) in [6, 6.07) is 4.49. The second-order valence-electron chi connectivity index (χ2n) is 5.46. The van der Waals surface area contributed by atoms with Gasteiger partial charge in [-0.25, -0.2) is 14.4 Å². The van der Waals surface area contributed by atoms with Crippen molar-refractivity contribution >= 4 is 27.7 Å². The topological polar surface area (TPSA) is 75.5 Å². The molecule has 1 aliphatic rings. The molecule has 3 rings (SSSR count). The fourth-order valence-electron chi connectivity index (χ4n) is 2.61. The van der Waals surface area contributed by atoms with E-state index in [0.717, 1.165) is 0 Å². The number of ether oxygens (including phenoxy) is 1. The molecule has 1 N–H and O–H groups in total. The Hall–Kier alpha value is -2.22. The number of carboxylic acid groups (broad SMARTS) is 1. The normalized spacial score (nSPS) is 15.3. The highest BCUT2D eigenvalue weighted by Crippen LogP contribution is 2.32. The van der Waals surface area contributed by atoms with Gasteiger partial charge in [0.15, 0.2) is 17.4 Å². The Bertz CT molecular complexity index is 751. The summed E-state index contributed by atoms with van der Waals surface area (Å²) in [5.74, 6) is -0.879. The molecule has 0 saturated carbocycles. The molecule has 0 radical (unpaired) electrons. The molecule has 0 aliphatic carbocycles. The lowest BCUT2D eigenvalue weighted by molar-refractivity contribution is -0.142. The second-order valence-corrected chi connectivity index (χ2v) is 6.38. The average Bonchev–Trinajstić information content (AvgIpc) is 2.58. The monoisotopic (exact) mass is 395 g/mol. The maximum absolute atomic E-state index is 14.0. The van der Waals surface area contributed by atoms with E-state index < -0.39 is 11.8 Å². The molecule has 8 heteroatoms. The number of anilines is 1. The number of piperidine rings is 1. The summed E-state index contributed by atoms with van der Waals surface area (Å²) >= 11 is 3.20. The van der Waals surface area contributed by atoms with Crippen LogP contribution in [-0.2, 0) is 4.79 Å². The van der Waals surface area contributed by atoms with Crippen molar-refractivity contribution in [2.24, 2.45) is 5.92 Å². The highest BCUT2D eigenvalue weighted by atomic mass is 79.9. The van der Waals surface area contributed by atoms with Crippen molar-refractivity contribution < 1.29 is 19.0 Å². The van der Waals surface area contributed by atoms with Crippen LogP contribution in [0.2, 0.25) is 0 Å². The van der Waals surface area contributed by atoms with E-state index in [0.29, 0.717) is 36.2 Å². The van der Waals surface area contributed by atoms with Crippen molar-refractivity contribution in [1.82, 2.24) is 9.97 Å². The van der Waals surface area contributed by atoms with Crippen LogP contribution in [0.3, 0.4) is 0 Å². The van der Waals surface area contributed by atoms with Crippen molar-refractivity contribution in [2.45, 2.75) is 12.8 Å². The van der Waals surface area contributed by atoms with Gasteiger partial charge >= 0.3 is 5.97 Å². The predicted octanol–water partition coefficient (Wildman–Crippen LogP) is 3.47. The lowest BCUT2D eigenvalue weighted by Gasteiger charge is -2.31. The smallest absolute Gasteiger partial charge is 0.306 e. The zero-order valence-electron chi connectivity index (χ0n) is 12.7. The summed E-state index contributed by atoms with van der Waals surface area (Å²) in [6.45, 7) is 1.07.